The number of anilines is 1. The van der Waals surface area contributed by atoms with Gasteiger partial charge in [-0.3, -0.25) is 4.79 Å². The Hall–Kier alpha value is -2.53. The maximum absolute atomic E-state index is 15.3. The second-order valence-electron chi connectivity index (χ2n) is 5.78. The van der Waals surface area contributed by atoms with Gasteiger partial charge in [0.1, 0.15) is 6.04 Å². The van der Waals surface area contributed by atoms with Crippen molar-refractivity contribution < 1.29 is 13.6 Å². The highest BCUT2D eigenvalue weighted by molar-refractivity contribution is 9.10. The Balaban J connectivity index is 2.04. The fraction of sp³-hybridized carbons (Fsp3) is 0.0952. The second-order valence-corrected chi connectivity index (χ2v) is 6.64. The highest BCUT2D eigenvalue weighted by Crippen LogP contribution is 2.39. The summed E-state index contributed by atoms with van der Waals surface area (Å²) in [6.07, 6.45) is 0. The first kappa shape index (κ1) is 18.3. The zero-order chi connectivity index (χ0) is 18.6. The van der Waals surface area contributed by atoms with Crippen molar-refractivity contribution in [1.29, 1.82) is 0 Å². The van der Waals surface area contributed by atoms with Gasteiger partial charge in [-0.05, 0) is 23.8 Å². The number of halogens is 3. The summed E-state index contributed by atoms with van der Waals surface area (Å²) in [6.45, 7) is 0. The number of hydrogen-bond donors (Lipinski definition) is 1. The molecule has 0 spiro atoms. The number of ketones is 1. The van der Waals surface area contributed by atoms with E-state index < -0.39 is 17.7 Å². The summed E-state index contributed by atoms with van der Waals surface area (Å²) in [5, 5.41) is 2.83. The maximum atomic E-state index is 15.3. The number of rotatable bonds is 6. The van der Waals surface area contributed by atoms with Crippen molar-refractivity contribution in [2.24, 2.45) is 0 Å². The van der Waals surface area contributed by atoms with Gasteiger partial charge in [0.05, 0.1) is 0 Å². The van der Waals surface area contributed by atoms with Crippen molar-refractivity contribution in [3.8, 4) is 0 Å². The predicted molar refractivity (Wildman–Crippen MR) is 103 cm³/mol. The van der Waals surface area contributed by atoms with Crippen LogP contribution in [0.2, 0.25) is 0 Å². The van der Waals surface area contributed by atoms with Crippen LogP contribution in [0.4, 0.5) is 14.5 Å². The number of carbonyl (C=O) groups is 1. The summed E-state index contributed by atoms with van der Waals surface area (Å²) in [7, 11) is 0. The van der Waals surface area contributed by atoms with Gasteiger partial charge in [0.2, 0.25) is 5.78 Å². The van der Waals surface area contributed by atoms with Crippen LogP contribution in [-0.2, 0) is 0 Å². The number of benzene rings is 3. The van der Waals surface area contributed by atoms with Crippen LogP contribution < -0.4 is 5.32 Å². The van der Waals surface area contributed by atoms with Crippen molar-refractivity contribution in [2.45, 2.75) is 12.0 Å². The number of carbonyl (C=O) groups excluding carboxylic acids is 1. The number of Topliss-reactive ketones (excluding diaryl/α,β-unsaturated/α-hetero) is 1. The van der Waals surface area contributed by atoms with Crippen LogP contribution >= 0.6 is 15.9 Å². The van der Waals surface area contributed by atoms with Crippen molar-refractivity contribution >= 4 is 27.4 Å². The largest absolute Gasteiger partial charge is 0.372 e. The van der Waals surface area contributed by atoms with Gasteiger partial charge in [-0.2, -0.15) is 8.78 Å². The van der Waals surface area contributed by atoms with Gasteiger partial charge in [0.15, 0.2) is 0 Å². The molecule has 0 aliphatic carbocycles. The van der Waals surface area contributed by atoms with E-state index in [1.807, 2.05) is 0 Å². The molecule has 0 aliphatic heterocycles. The van der Waals surface area contributed by atoms with Crippen LogP contribution in [-0.4, -0.2) is 11.7 Å². The average molecular weight is 416 g/mol. The van der Waals surface area contributed by atoms with E-state index >= 15 is 8.78 Å². The Labute approximate surface area is 159 Å². The first-order valence-electron chi connectivity index (χ1n) is 8.04. The lowest BCUT2D eigenvalue weighted by Gasteiger charge is -2.29. The monoisotopic (exact) mass is 415 g/mol. The normalized spacial score (nSPS) is 12.4. The highest BCUT2D eigenvalue weighted by Gasteiger charge is 2.48. The van der Waals surface area contributed by atoms with Crippen LogP contribution in [0, 0.1) is 0 Å². The Kier molecular flexibility index (Phi) is 5.47. The number of hydrogen-bond acceptors (Lipinski definition) is 2. The van der Waals surface area contributed by atoms with Gasteiger partial charge in [0, 0.05) is 15.7 Å². The van der Waals surface area contributed by atoms with Crippen LogP contribution in [0.5, 0.6) is 0 Å². The standard InChI is InChI=1S/C21H16BrF2NO/c22-18-14-8-7-13-17(18)19(25-16-11-5-2-6-12-16)21(23,24)20(26)15-9-3-1-4-10-15/h1-14,19,25H. The van der Waals surface area contributed by atoms with E-state index in [0.29, 0.717) is 15.7 Å². The van der Waals surface area contributed by atoms with E-state index in [2.05, 4.69) is 21.2 Å². The summed E-state index contributed by atoms with van der Waals surface area (Å²) < 4.78 is 31.1. The highest BCUT2D eigenvalue weighted by atomic mass is 79.9. The molecule has 0 heterocycles. The van der Waals surface area contributed by atoms with E-state index in [4.69, 9.17) is 0 Å². The molecule has 0 saturated heterocycles. The number of para-hydroxylation sites is 1. The van der Waals surface area contributed by atoms with Gasteiger partial charge < -0.3 is 5.32 Å². The smallest absolute Gasteiger partial charge is 0.333 e. The summed E-state index contributed by atoms with van der Waals surface area (Å²) in [4.78, 5) is 12.6. The van der Waals surface area contributed by atoms with Gasteiger partial charge in [-0.1, -0.05) is 82.7 Å². The van der Waals surface area contributed by atoms with E-state index in [1.54, 1.807) is 72.8 Å². The van der Waals surface area contributed by atoms with E-state index in [1.165, 1.54) is 12.1 Å². The Morgan fingerprint density at radius 2 is 1.38 bits per heavy atom. The fourth-order valence-electron chi connectivity index (χ4n) is 2.69. The molecule has 0 saturated carbocycles. The first-order chi connectivity index (χ1) is 12.5. The first-order valence-corrected chi connectivity index (χ1v) is 8.83. The van der Waals surface area contributed by atoms with Crippen molar-refractivity contribution in [3.63, 3.8) is 0 Å². The molecule has 0 amide bonds. The molecule has 26 heavy (non-hydrogen) atoms. The lowest BCUT2D eigenvalue weighted by atomic mass is 9.93. The minimum Gasteiger partial charge on any atom is -0.372 e. The lowest BCUT2D eigenvalue weighted by molar-refractivity contribution is -0.00281. The van der Waals surface area contributed by atoms with Crippen LogP contribution in [0.15, 0.2) is 89.4 Å². The molecule has 0 radical (unpaired) electrons. The van der Waals surface area contributed by atoms with E-state index in [9.17, 15) is 4.79 Å². The maximum Gasteiger partial charge on any atom is 0.333 e. The molecule has 0 aromatic heterocycles. The Morgan fingerprint density at radius 1 is 0.846 bits per heavy atom. The molecule has 1 unspecified atom stereocenters. The zero-order valence-electron chi connectivity index (χ0n) is 13.7. The Bertz CT molecular complexity index is 885. The summed E-state index contributed by atoms with van der Waals surface area (Å²) in [5.74, 6) is -4.87. The third kappa shape index (κ3) is 3.83. The molecule has 5 heteroatoms. The average Bonchev–Trinajstić information content (AvgIpc) is 2.67. The predicted octanol–water partition coefficient (Wildman–Crippen LogP) is 6.12. The summed E-state index contributed by atoms with van der Waals surface area (Å²) >= 11 is 3.32. The molecule has 3 rings (SSSR count). The molecule has 1 N–H and O–H groups in total. The summed E-state index contributed by atoms with van der Waals surface area (Å²) in [5.41, 5.74) is 0.795. The van der Waals surface area contributed by atoms with Crippen molar-refractivity contribution in [1.82, 2.24) is 0 Å². The van der Waals surface area contributed by atoms with Gasteiger partial charge in [-0.25, -0.2) is 0 Å². The van der Waals surface area contributed by atoms with Crippen molar-refractivity contribution in [2.75, 3.05) is 5.32 Å². The lowest BCUT2D eigenvalue weighted by Crippen LogP contribution is -2.40. The third-order valence-corrected chi connectivity index (χ3v) is 4.72. The molecule has 3 aromatic rings. The second kappa shape index (κ2) is 7.79. The molecule has 0 aliphatic rings. The summed E-state index contributed by atoms with van der Waals surface area (Å²) in [6, 6.07) is 21.4. The van der Waals surface area contributed by atoms with Crippen molar-refractivity contribution in [3.05, 3.63) is 101 Å². The SMILES string of the molecule is O=C(c1ccccc1)C(F)(F)C(Nc1ccccc1)c1ccccc1Br. The minimum absolute atomic E-state index is 0.0237. The number of nitrogens with one attached hydrogen (secondary N) is 1. The molecular weight excluding hydrogens is 400 g/mol. The zero-order valence-corrected chi connectivity index (χ0v) is 15.3. The number of alkyl halides is 2. The quantitative estimate of drug-likeness (QED) is 0.491. The van der Waals surface area contributed by atoms with E-state index in [-0.39, 0.29) is 5.56 Å². The molecule has 0 fully saturated rings. The minimum atomic E-state index is -3.65. The Morgan fingerprint density at radius 3 is 2.00 bits per heavy atom. The molecule has 1 atom stereocenters. The van der Waals surface area contributed by atoms with Gasteiger partial charge in [0.25, 0.3) is 0 Å². The third-order valence-electron chi connectivity index (χ3n) is 4.00. The van der Waals surface area contributed by atoms with E-state index in [0.717, 1.165) is 0 Å². The fourth-order valence-corrected chi connectivity index (χ4v) is 3.20. The molecule has 3 aromatic carbocycles. The van der Waals surface area contributed by atoms with Crippen LogP contribution in [0.1, 0.15) is 22.0 Å². The van der Waals surface area contributed by atoms with Gasteiger partial charge in [-0.15, -0.1) is 0 Å². The molecule has 2 nitrogen and oxygen atoms in total. The van der Waals surface area contributed by atoms with Crippen LogP contribution in [0.25, 0.3) is 0 Å². The van der Waals surface area contributed by atoms with Gasteiger partial charge >= 0.3 is 5.92 Å². The molecule has 132 valence electrons. The molecule has 0 bridgehead atoms. The molecular formula is C21H16BrF2NO. The topological polar surface area (TPSA) is 29.1 Å². The van der Waals surface area contributed by atoms with Crippen LogP contribution in [0.3, 0.4) is 0 Å².